The Morgan fingerprint density at radius 3 is 2.83 bits per heavy atom. The molecule has 3 amide bonds. The van der Waals surface area contributed by atoms with Gasteiger partial charge in [0.05, 0.1) is 5.75 Å². The van der Waals surface area contributed by atoms with Crippen molar-refractivity contribution < 1.29 is 9.59 Å². The minimum Gasteiger partial charge on any atom is -0.335 e. The summed E-state index contributed by atoms with van der Waals surface area (Å²) in [7, 11) is 0. The van der Waals surface area contributed by atoms with Crippen LogP contribution in [0.4, 0.5) is 4.79 Å². The zero-order valence-corrected chi connectivity index (χ0v) is 15.0. The molecule has 3 atom stereocenters. The molecule has 0 aromatic carbocycles. The van der Waals surface area contributed by atoms with Crippen LogP contribution in [-0.4, -0.2) is 38.5 Å². The van der Waals surface area contributed by atoms with E-state index in [0.29, 0.717) is 17.9 Å². The first-order valence-electron chi connectivity index (χ1n) is 8.67. The molecule has 0 radical (unpaired) electrons. The van der Waals surface area contributed by atoms with E-state index >= 15 is 0 Å². The Hall–Kier alpha value is -1.57. The molecule has 7 nitrogen and oxygen atoms in total. The second kappa shape index (κ2) is 7.55. The number of thioether (sulfide) groups is 1. The van der Waals surface area contributed by atoms with E-state index in [2.05, 4.69) is 34.7 Å². The van der Waals surface area contributed by atoms with Gasteiger partial charge in [0.1, 0.15) is 6.33 Å². The Morgan fingerprint density at radius 2 is 2.08 bits per heavy atom. The van der Waals surface area contributed by atoms with Gasteiger partial charge in [-0.1, -0.05) is 38.5 Å². The van der Waals surface area contributed by atoms with E-state index in [0.717, 1.165) is 30.8 Å². The molecule has 0 bridgehead atoms. The van der Waals surface area contributed by atoms with Crippen molar-refractivity contribution in [2.24, 2.45) is 11.8 Å². The Kier molecular flexibility index (Phi) is 5.43. The van der Waals surface area contributed by atoms with Gasteiger partial charge in [0.15, 0.2) is 5.16 Å². The summed E-state index contributed by atoms with van der Waals surface area (Å²) in [5.41, 5.74) is 0. The predicted molar refractivity (Wildman–Crippen MR) is 91.7 cm³/mol. The van der Waals surface area contributed by atoms with Crippen LogP contribution >= 0.6 is 11.8 Å². The summed E-state index contributed by atoms with van der Waals surface area (Å²) in [6, 6.07) is 0.228. The van der Waals surface area contributed by atoms with Crippen molar-refractivity contribution in [3.05, 3.63) is 6.33 Å². The van der Waals surface area contributed by atoms with Gasteiger partial charge in [-0.15, -0.1) is 10.2 Å². The van der Waals surface area contributed by atoms with E-state index in [9.17, 15) is 9.59 Å². The topological polar surface area (TPSA) is 88.9 Å². The van der Waals surface area contributed by atoms with Crippen LogP contribution in [0.2, 0.25) is 0 Å². The first kappa shape index (κ1) is 17.3. The molecule has 8 heteroatoms. The summed E-state index contributed by atoms with van der Waals surface area (Å²) >= 11 is 1.32. The molecule has 3 rings (SSSR count). The number of carbonyl (C=O) groups excluding carboxylic acids is 2. The first-order valence-corrected chi connectivity index (χ1v) is 9.66. The predicted octanol–water partition coefficient (Wildman–Crippen LogP) is 2.36. The van der Waals surface area contributed by atoms with E-state index in [-0.39, 0.29) is 17.7 Å². The molecule has 1 aromatic rings. The number of urea groups is 1. The third-order valence-corrected chi connectivity index (χ3v) is 6.05. The van der Waals surface area contributed by atoms with Gasteiger partial charge in [0, 0.05) is 12.1 Å². The number of amides is 3. The van der Waals surface area contributed by atoms with Crippen molar-refractivity contribution in [2.75, 3.05) is 5.75 Å². The van der Waals surface area contributed by atoms with Crippen molar-refractivity contribution >= 4 is 23.7 Å². The Morgan fingerprint density at radius 1 is 1.29 bits per heavy atom. The standard InChI is InChI=1S/C16H25N5O2S/c1-10-4-3-5-13(11(10)2)18-15(23)19-14(22)8-24-16-20-17-9-21(16)12-6-7-12/h9-13H,3-8H2,1-2H3,(H2,18,19,22,23). The van der Waals surface area contributed by atoms with Crippen molar-refractivity contribution in [1.29, 1.82) is 0 Å². The molecule has 0 aliphatic heterocycles. The van der Waals surface area contributed by atoms with Crippen molar-refractivity contribution in [3.8, 4) is 0 Å². The fraction of sp³-hybridized carbons (Fsp3) is 0.750. The molecule has 132 valence electrons. The van der Waals surface area contributed by atoms with Crippen LogP contribution in [0, 0.1) is 11.8 Å². The molecule has 2 saturated carbocycles. The fourth-order valence-corrected chi connectivity index (χ4v) is 4.00. The summed E-state index contributed by atoms with van der Waals surface area (Å²) in [5, 5.41) is 14.0. The largest absolute Gasteiger partial charge is 0.335 e. The summed E-state index contributed by atoms with van der Waals surface area (Å²) in [6.45, 7) is 4.38. The second-order valence-corrected chi connectivity index (χ2v) is 7.88. The SMILES string of the molecule is CC1CCCC(NC(=O)NC(=O)CSc2nncn2C2CC2)C1C. The van der Waals surface area contributed by atoms with E-state index in [1.807, 2.05) is 4.57 Å². The van der Waals surface area contributed by atoms with Crippen LogP contribution in [0.5, 0.6) is 0 Å². The molecule has 1 heterocycles. The van der Waals surface area contributed by atoms with Crippen LogP contribution in [0.3, 0.4) is 0 Å². The number of hydrogen-bond donors (Lipinski definition) is 2. The van der Waals surface area contributed by atoms with Gasteiger partial charge in [-0.05, 0) is 31.1 Å². The Balaban J connectivity index is 1.42. The maximum atomic E-state index is 12.0. The smallest absolute Gasteiger partial charge is 0.321 e. The zero-order valence-electron chi connectivity index (χ0n) is 14.2. The number of rotatable bonds is 5. The lowest BCUT2D eigenvalue weighted by atomic mass is 9.78. The number of nitrogens with one attached hydrogen (secondary N) is 2. The average molecular weight is 351 g/mol. The second-order valence-electron chi connectivity index (χ2n) is 6.94. The highest BCUT2D eigenvalue weighted by Crippen LogP contribution is 2.37. The van der Waals surface area contributed by atoms with Crippen LogP contribution < -0.4 is 10.6 Å². The zero-order chi connectivity index (χ0) is 17.1. The lowest BCUT2D eigenvalue weighted by molar-refractivity contribution is -0.117. The highest BCUT2D eigenvalue weighted by molar-refractivity contribution is 7.99. The minimum absolute atomic E-state index is 0.146. The Labute approximate surface area is 146 Å². The summed E-state index contributed by atoms with van der Waals surface area (Å²) in [5.74, 6) is 0.893. The van der Waals surface area contributed by atoms with Gasteiger partial charge >= 0.3 is 6.03 Å². The van der Waals surface area contributed by atoms with E-state index in [1.165, 1.54) is 18.2 Å². The first-order chi connectivity index (χ1) is 11.5. The number of nitrogens with zero attached hydrogens (tertiary/aromatic N) is 3. The molecule has 1 aromatic heterocycles. The highest BCUT2D eigenvalue weighted by atomic mass is 32.2. The quantitative estimate of drug-likeness (QED) is 0.795. The van der Waals surface area contributed by atoms with E-state index < -0.39 is 6.03 Å². The van der Waals surface area contributed by atoms with Crippen molar-refractivity contribution in [2.45, 2.75) is 63.2 Å². The normalized spacial score (nSPS) is 26.8. The van der Waals surface area contributed by atoms with Crippen molar-refractivity contribution in [3.63, 3.8) is 0 Å². The molecule has 2 aliphatic carbocycles. The minimum atomic E-state index is -0.393. The van der Waals surface area contributed by atoms with E-state index in [1.54, 1.807) is 6.33 Å². The maximum Gasteiger partial charge on any atom is 0.321 e. The van der Waals surface area contributed by atoms with Crippen molar-refractivity contribution in [1.82, 2.24) is 25.4 Å². The molecule has 0 spiro atoms. The summed E-state index contributed by atoms with van der Waals surface area (Å²) in [4.78, 5) is 24.0. The fourth-order valence-electron chi connectivity index (χ4n) is 3.22. The third kappa shape index (κ3) is 4.28. The molecule has 2 aliphatic rings. The summed E-state index contributed by atoms with van der Waals surface area (Å²) < 4.78 is 2.00. The molecule has 0 saturated heterocycles. The molecule has 2 N–H and O–H groups in total. The average Bonchev–Trinajstić information content (AvgIpc) is 3.28. The lowest BCUT2D eigenvalue weighted by Gasteiger charge is -2.34. The highest BCUT2D eigenvalue weighted by Gasteiger charge is 2.29. The van der Waals surface area contributed by atoms with Crippen LogP contribution in [0.15, 0.2) is 11.5 Å². The van der Waals surface area contributed by atoms with Gasteiger partial charge in [-0.3, -0.25) is 10.1 Å². The molecule has 3 unspecified atom stereocenters. The van der Waals surface area contributed by atoms with Crippen LogP contribution in [-0.2, 0) is 4.79 Å². The van der Waals surface area contributed by atoms with Gasteiger partial charge in [-0.2, -0.15) is 0 Å². The van der Waals surface area contributed by atoms with Gasteiger partial charge in [0.25, 0.3) is 0 Å². The molecular formula is C16H25N5O2S. The molecule has 24 heavy (non-hydrogen) atoms. The lowest BCUT2D eigenvalue weighted by Crippen LogP contribution is -2.49. The van der Waals surface area contributed by atoms with Gasteiger partial charge < -0.3 is 9.88 Å². The molecule has 2 fully saturated rings. The third-order valence-electron chi connectivity index (χ3n) is 5.09. The number of hydrogen-bond acceptors (Lipinski definition) is 5. The van der Waals surface area contributed by atoms with Gasteiger partial charge in [0.2, 0.25) is 5.91 Å². The van der Waals surface area contributed by atoms with E-state index in [4.69, 9.17) is 0 Å². The number of carbonyl (C=O) groups is 2. The number of aromatic nitrogens is 3. The summed E-state index contributed by atoms with van der Waals surface area (Å²) in [6.07, 6.45) is 7.29. The number of imide groups is 1. The van der Waals surface area contributed by atoms with Crippen LogP contribution in [0.1, 0.15) is 52.0 Å². The van der Waals surface area contributed by atoms with Crippen LogP contribution in [0.25, 0.3) is 0 Å². The Bertz CT molecular complexity index is 601. The van der Waals surface area contributed by atoms with Gasteiger partial charge in [-0.25, -0.2) is 4.79 Å². The maximum absolute atomic E-state index is 12.0. The molecular weight excluding hydrogens is 326 g/mol. The monoisotopic (exact) mass is 351 g/mol.